The predicted molar refractivity (Wildman–Crippen MR) is 72.1 cm³/mol. The Balaban J connectivity index is 3.21. The fraction of sp³-hybridized carbons (Fsp3) is 0.462. The Morgan fingerprint density at radius 1 is 1.40 bits per heavy atom. The number of nitrogens with zero attached hydrogens (tertiary/aromatic N) is 2. The topological polar surface area (TPSA) is 61.8 Å². The molecule has 0 aliphatic heterocycles. The lowest BCUT2D eigenvalue weighted by molar-refractivity contribution is -0.137. The number of rotatable bonds is 5. The van der Waals surface area contributed by atoms with Gasteiger partial charge in [-0.1, -0.05) is 18.5 Å². The van der Waals surface area contributed by atoms with Crippen molar-refractivity contribution in [2.45, 2.75) is 25.9 Å². The van der Waals surface area contributed by atoms with Crippen molar-refractivity contribution in [1.29, 1.82) is 0 Å². The Kier molecular flexibility index (Phi) is 5.24. The van der Waals surface area contributed by atoms with E-state index in [0.29, 0.717) is 12.2 Å². The minimum absolute atomic E-state index is 0.326. The molecule has 3 N–H and O–H groups in total. The summed E-state index contributed by atoms with van der Waals surface area (Å²) in [6.07, 6.45) is -2.72. The molecule has 112 valence electrons. The van der Waals surface area contributed by atoms with Crippen molar-refractivity contribution in [2.24, 2.45) is 10.9 Å². The smallest absolute Gasteiger partial charge is 0.409 e. The van der Waals surface area contributed by atoms with E-state index in [-0.39, 0.29) is 5.56 Å². The molecule has 0 aliphatic rings. The Morgan fingerprint density at radius 2 is 2.05 bits per heavy atom. The number of amidine groups is 1. The van der Waals surface area contributed by atoms with E-state index in [9.17, 15) is 13.2 Å². The van der Waals surface area contributed by atoms with Crippen LogP contribution in [0.5, 0.6) is 0 Å². The third-order valence-electron chi connectivity index (χ3n) is 2.98. The van der Waals surface area contributed by atoms with Crippen molar-refractivity contribution >= 4 is 11.5 Å². The molecule has 0 unspecified atom stereocenters. The van der Waals surface area contributed by atoms with Gasteiger partial charge in [-0.25, -0.2) is 0 Å². The molecule has 1 rings (SSSR count). The molecule has 1 aromatic rings. The van der Waals surface area contributed by atoms with Gasteiger partial charge >= 0.3 is 6.18 Å². The normalized spacial score (nSPS) is 12.6. The number of hydrogen-bond donors (Lipinski definition) is 2. The van der Waals surface area contributed by atoms with E-state index >= 15 is 0 Å². The quantitative estimate of drug-likeness (QED) is 0.379. The second-order valence-electron chi connectivity index (χ2n) is 4.49. The molecular weight excluding hydrogens is 271 g/mol. The van der Waals surface area contributed by atoms with Gasteiger partial charge in [0.25, 0.3) is 0 Å². The van der Waals surface area contributed by atoms with Gasteiger partial charge in [-0.15, -0.1) is 0 Å². The molecule has 0 aliphatic carbocycles. The van der Waals surface area contributed by atoms with E-state index in [1.165, 1.54) is 12.1 Å². The average Bonchev–Trinajstić information content (AvgIpc) is 2.42. The molecule has 0 radical (unpaired) electrons. The van der Waals surface area contributed by atoms with Crippen LogP contribution in [0.3, 0.4) is 0 Å². The molecule has 20 heavy (non-hydrogen) atoms. The van der Waals surface area contributed by atoms with Gasteiger partial charge in [0.15, 0.2) is 5.84 Å². The minimum atomic E-state index is -4.56. The molecule has 0 saturated heterocycles. The maximum Gasteiger partial charge on any atom is 0.417 e. The Labute approximate surface area is 115 Å². The fourth-order valence-corrected chi connectivity index (χ4v) is 1.81. The summed E-state index contributed by atoms with van der Waals surface area (Å²) in [7, 11) is 1.73. The molecule has 0 amide bonds. The summed E-state index contributed by atoms with van der Waals surface area (Å²) in [4.78, 5) is 1.74. The number of anilines is 1. The Hall–Kier alpha value is -1.92. The predicted octanol–water partition coefficient (Wildman–Crippen LogP) is 3.04. The lowest BCUT2D eigenvalue weighted by Crippen LogP contribution is -2.23. The molecule has 1 aromatic carbocycles. The zero-order valence-corrected chi connectivity index (χ0v) is 11.4. The van der Waals surface area contributed by atoms with Gasteiger partial charge in [-0.2, -0.15) is 13.2 Å². The summed E-state index contributed by atoms with van der Waals surface area (Å²) in [5, 5.41) is 11.2. The molecule has 4 nitrogen and oxygen atoms in total. The van der Waals surface area contributed by atoms with Crippen LogP contribution < -0.4 is 10.6 Å². The minimum Gasteiger partial charge on any atom is -0.409 e. The van der Waals surface area contributed by atoms with Gasteiger partial charge in [0.05, 0.1) is 5.56 Å². The lowest BCUT2D eigenvalue weighted by Gasteiger charge is -2.21. The second-order valence-corrected chi connectivity index (χ2v) is 4.49. The van der Waals surface area contributed by atoms with Gasteiger partial charge in [0.2, 0.25) is 0 Å². The first-order valence-electron chi connectivity index (χ1n) is 6.21. The third-order valence-corrected chi connectivity index (χ3v) is 2.98. The highest BCUT2D eigenvalue weighted by atomic mass is 19.4. The summed E-state index contributed by atoms with van der Waals surface area (Å²) in [5.41, 5.74) is 4.49. The number of hydrogen-bond acceptors (Lipinski definition) is 3. The van der Waals surface area contributed by atoms with Crippen LogP contribution in [-0.4, -0.2) is 24.6 Å². The first-order valence-corrected chi connectivity index (χ1v) is 6.21. The second kappa shape index (κ2) is 6.49. The van der Waals surface area contributed by atoms with Gasteiger partial charge in [-0.05, 0) is 24.6 Å². The third kappa shape index (κ3) is 3.79. The van der Waals surface area contributed by atoms with Crippen LogP contribution in [0.25, 0.3) is 0 Å². The molecule has 0 saturated carbocycles. The molecule has 7 heteroatoms. The van der Waals surface area contributed by atoms with E-state index in [1.807, 2.05) is 6.92 Å². The first kappa shape index (κ1) is 16.1. The summed E-state index contributed by atoms with van der Waals surface area (Å²) >= 11 is 0. The Bertz CT molecular complexity index is 486. The van der Waals surface area contributed by atoms with Crippen LogP contribution in [0.1, 0.15) is 30.9 Å². The molecule has 0 aromatic heterocycles. The monoisotopic (exact) mass is 289 g/mol. The number of alkyl halides is 3. The Morgan fingerprint density at radius 3 is 2.55 bits per heavy atom. The number of nitrogens with two attached hydrogens (primary N) is 1. The van der Waals surface area contributed by atoms with Crippen LogP contribution >= 0.6 is 0 Å². The number of unbranched alkanes of at least 4 members (excludes halogenated alkanes) is 1. The van der Waals surface area contributed by atoms with Crippen LogP contribution in [0.2, 0.25) is 0 Å². The zero-order chi connectivity index (χ0) is 15.3. The molecule has 0 bridgehead atoms. The van der Waals surface area contributed by atoms with Gasteiger partial charge in [0, 0.05) is 24.8 Å². The maximum atomic E-state index is 13.0. The van der Waals surface area contributed by atoms with Gasteiger partial charge in [0.1, 0.15) is 0 Å². The molecule has 0 spiro atoms. The highest BCUT2D eigenvalue weighted by Crippen LogP contribution is 2.34. The van der Waals surface area contributed by atoms with E-state index in [4.69, 9.17) is 10.9 Å². The van der Waals surface area contributed by atoms with E-state index in [2.05, 4.69) is 5.16 Å². The van der Waals surface area contributed by atoms with Gasteiger partial charge < -0.3 is 15.8 Å². The van der Waals surface area contributed by atoms with E-state index < -0.39 is 17.6 Å². The van der Waals surface area contributed by atoms with Crippen molar-refractivity contribution in [1.82, 2.24) is 0 Å². The van der Waals surface area contributed by atoms with Crippen molar-refractivity contribution in [3.8, 4) is 0 Å². The zero-order valence-electron chi connectivity index (χ0n) is 11.4. The average molecular weight is 289 g/mol. The van der Waals surface area contributed by atoms with Crippen LogP contribution in [0, 0.1) is 0 Å². The van der Waals surface area contributed by atoms with Crippen molar-refractivity contribution in [3.05, 3.63) is 29.3 Å². The summed E-state index contributed by atoms with van der Waals surface area (Å²) in [5.74, 6) is -0.555. The highest BCUT2D eigenvalue weighted by Gasteiger charge is 2.35. The van der Waals surface area contributed by atoms with Crippen molar-refractivity contribution in [3.63, 3.8) is 0 Å². The first-order chi connectivity index (χ1) is 9.31. The standard InChI is InChI=1S/C13H18F3N3O/c1-3-4-7-19(2)9-5-6-10(12(17)18-20)11(8-9)13(14,15)16/h5-6,8,20H,3-4,7H2,1-2H3,(H2,17,18). The molecule has 0 fully saturated rings. The van der Waals surface area contributed by atoms with Gasteiger partial charge in [-0.3, -0.25) is 0 Å². The summed E-state index contributed by atoms with van der Waals surface area (Å²) < 4.78 is 39.1. The van der Waals surface area contributed by atoms with E-state index in [1.54, 1.807) is 11.9 Å². The molecular formula is C13H18F3N3O. The van der Waals surface area contributed by atoms with Crippen molar-refractivity contribution < 1.29 is 18.4 Å². The highest BCUT2D eigenvalue weighted by molar-refractivity contribution is 5.99. The fourth-order valence-electron chi connectivity index (χ4n) is 1.81. The van der Waals surface area contributed by atoms with Crippen LogP contribution in [0.15, 0.2) is 23.4 Å². The number of oxime groups is 1. The number of benzene rings is 1. The van der Waals surface area contributed by atoms with E-state index in [0.717, 1.165) is 18.9 Å². The number of halogens is 3. The summed E-state index contributed by atoms with van der Waals surface area (Å²) in [6.45, 7) is 2.67. The summed E-state index contributed by atoms with van der Waals surface area (Å²) in [6, 6.07) is 3.76. The molecule has 0 atom stereocenters. The van der Waals surface area contributed by atoms with Crippen LogP contribution in [-0.2, 0) is 6.18 Å². The lowest BCUT2D eigenvalue weighted by atomic mass is 10.0. The maximum absolute atomic E-state index is 13.0. The largest absolute Gasteiger partial charge is 0.417 e. The SMILES string of the molecule is CCCCN(C)c1ccc(/C(N)=N/O)c(C(F)(F)F)c1. The molecule has 0 heterocycles. The van der Waals surface area contributed by atoms with Crippen molar-refractivity contribution in [2.75, 3.05) is 18.5 Å². The van der Waals surface area contributed by atoms with Crippen LogP contribution in [0.4, 0.5) is 18.9 Å².